The number of hydrogen-bond acceptors (Lipinski definition) is 5. The second-order valence-corrected chi connectivity index (χ2v) is 4.69. The van der Waals surface area contributed by atoms with E-state index >= 15 is 0 Å². The van der Waals surface area contributed by atoms with E-state index in [2.05, 4.69) is 0 Å². The highest BCUT2D eigenvalue weighted by molar-refractivity contribution is 5.52. The second-order valence-electron chi connectivity index (χ2n) is 4.69. The van der Waals surface area contributed by atoms with Crippen LogP contribution >= 0.6 is 0 Å². The van der Waals surface area contributed by atoms with Crippen molar-refractivity contribution < 1.29 is 18.9 Å². The second kappa shape index (κ2) is 6.63. The first-order valence-electron chi connectivity index (χ1n) is 6.50. The van der Waals surface area contributed by atoms with Crippen molar-refractivity contribution in [3.63, 3.8) is 0 Å². The molecule has 1 unspecified atom stereocenters. The molecule has 0 aromatic heterocycles. The molecule has 0 aliphatic carbocycles. The molecule has 0 fully saturated rings. The molecular formula is C14H21NO4. The van der Waals surface area contributed by atoms with Crippen LogP contribution in [0.15, 0.2) is 12.1 Å². The summed E-state index contributed by atoms with van der Waals surface area (Å²) in [5.74, 6) is 2.31. The molecule has 1 aromatic rings. The summed E-state index contributed by atoms with van der Waals surface area (Å²) in [6.07, 6.45) is 1.60. The molecule has 5 nitrogen and oxygen atoms in total. The minimum Gasteiger partial charge on any atom is -0.493 e. The smallest absolute Gasteiger partial charge is 0.231 e. The number of fused-ring (bicyclic) bond motifs is 1. The number of benzene rings is 1. The molecule has 1 heterocycles. The maximum absolute atomic E-state index is 5.87. The lowest BCUT2D eigenvalue weighted by Gasteiger charge is -2.14. The van der Waals surface area contributed by atoms with E-state index in [4.69, 9.17) is 24.7 Å². The van der Waals surface area contributed by atoms with Crippen LogP contribution in [0.5, 0.6) is 17.2 Å². The third-order valence-electron chi connectivity index (χ3n) is 2.85. The molecule has 0 spiro atoms. The molecule has 0 saturated carbocycles. The maximum Gasteiger partial charge on any atom is 0.231 e. The lowest BCUT2D eigenvalue weighted by molar-refractivity contribution is 0.170. The van der Waals surface area contributed by atoms with Crippen LogP contribution in [-0.4, -0.2) is 33.2 Å². The van der Waals surface area contributed by atoms with Gasteiger partial charge in [-0.25, -0.2) is 0 Å². The summed E-state index contributed by atoms with van der Waals surface area (Å²) in [6, 6.07) is 3.91. The van der Waals surface area contributed by atoms with Gasteiger partial charge in [0, 0.05) is 32.2 Å². The zero-order chi connectivity index (χ0) is 13.7. The van der Waals surface area contributed by atoms with Gasteiger partial charge in [0.05, 0.1) is 6.61 Å². The fraction of sp³-hybridized carbons (Fsp3) is 0.571. The van der Waals surface area contributed by atoms with Gasteiger partial charge in [0.25, 0.3) is 0 Å². The van der Waals surface area contributed by atoms with Gasteiger partial charge in [-0.1, -0.05) is 0 Å². The molecule has 0 radical (unpaired) electrons. The van der Waals surface area contributed by atoms with E-state index in [0.717, 1.165) is 35.7 Å². The topological polar surface area (TPSA) is 62.9 Å². The summed E-state index contributed by atoms with van der Waals surface area (Å²) in [4.78, 5) is 0. The zero-order valence-electron chi connectivity index (χ0n) is 11.5. The summed E-state index contributed by atoms with van der Waals surface area (Å²) in [5.41, 5.74) is 6.92. The standard InChI is InChI=1S/C14H21NO4/c1-10(15)6-11-7-13-14(19-9-18-13)8-12(11)17-5-3-4-16-2/h7-8,10H,3-6,9,15H2,1-2H3. The van der Waals surface area contributed by atoms with Gasteiger partial charge in [-0.05, 0) is 25.0 Å². The van der Waals surface area contributed by atoms with Gasteiger partial charge in [-0.2, -0.15) is 0 Å². The van der Waals surface area contributed by atoms with Gasteiger partial charge in [0.15, 0.2) is 11.5 Å². The summed E-state index contributed by atoms with van der Waals surface area (Å²) in [6.45, 7) is 3.53. The number of ether oxygens (including phenoxy) is 4. The van der Waals surface area contributed by atoms with Gasteiger partial charge in [-0.3, -0.25) is 0 Å². The van der Waals surface area contributed by atoms with E-state index in [-0.39, 0.29) is 12.8 Å². The molecule has 0 saturated heterocycles. The van der Waals surface area contributed by atoms with Gasteiger partial charge in [0.2, 0.25) is 6.79 Å². The van der Waals surface area contributed by atoms with E-state index in [1.54, 1.807) is 7.11 Å². The molecule has 2 rings (SSSR count). The van der Waals surface area contributed by atoms with Gasteiger partial charge < -0.3 is 24.7 Å². The highest BCUT2D eigenvalue weighted by atomic mass is 16.7. The molecule has 2 N–H and O–H groups in total. The molecule has 1 aromatic carbocycles. The lowest BCUT2D eigenvalue weighted by atomic mass is 10.1. The summed E-state index contributed by atoms with van der Waals surface area (Å²) in [7, 11) is 1.68. The average Bonchev–Trinajstić information content (AvgIpc) is 2.81. The predicted molar refractivity (Wildman–Crippen MR) is 71.9 cm³/mol. The molecule has 19 heavy (non-hydrogen) atoms. The number of rotatable bonds is 7. The van der Waals surface area contributed by atoms with E-state index in [1.807, 2.05) is 19.1 Å². The molecule has 5 heteroatoms. The highest BCUT2D eigenvalue weighted by Crippen LogP contribution is 2.38. The van der Waals surface area contributed by atoms with Crippen molar-refractivity contribution in [3.8, 4) is 17.2 Å². The molecule has 0 bridgehead atoms. The minimum atomic E-state index is 0.0710. The SMILES string of the molecule is COCCCOc1cc2c(cc1CC(C)N)OCO2. The van der Waals surface area contributed by atoms with Crippen molar-refractivity contribution in [1.82, 2.24) is 0 Å². The van der Waals surface area contributed by atoms with Crippen molar-refractivity contribution in [2.75, 3.05) is 27.1 Å². The van der Waals surface area contributed by atoms with Crippen LogP contribution in [0.1, 0.15) is 18.9 Å². The Balaban J connectivity index is 2.09. The fourth-order valence-corrected chi connectivity index (χ4v) is 1.99. The van der Waals surface area contributed by atoms with Gasteiger partial charge >= 0.3 is 0 Å². The van der Waals surface area contributed by atoms with Gasteiger partial charge in [0.1, 0.15) is 5.75 Å². The Hall–Kier alpha value is -1.46. The Morgan fingerprint density at radius 2 is 2.00 bits per heavy atom. The normalized spacial score (nSPS) is 14.5. The van der Waals surface area contributed by atoms with Crippen LogP contribution < -0.4 is 19.9 Å². The van der Waals surface area contributed by atoms with Gasteiger partial charge in [-0.15, -0.1) is 0 Å². The number of nitrogens with two attached hydrogens (primary N) is 1. The van der Waals surface area contributed by atoms with E-state index in [0.29, 0.717) is 13.2 Å². The van der Waals surface area contributed by atoms with E-state index in [9.17, 15) is 0 Å². The third-order valence-corrected chi connectivity index (χ3v) is 2.85. The molecule has 0 amide bonds. The molecule has 106 valence electrons. The first-order valence-corrected chi connectivity index (χ1v) is 6.50. The molecule has 1 atom stereocenters. The largest absolute Gasteiger partial charge is 0.493 e. The highest BCUT2D eigenvalue weighted by Gasteiger charge is 2.18. The van der Waals surface area contributed by atoms with E-state index < -0.39 is 0 Å². The van der Waals surface area contributed by atoms with Crippen LogP contribution in [0.25, 0.3) is 0 Å². The van der Waals surface area contributed by atoms with Crippen LogP contribution in [0, 0.1) is 0 Å². The minimum absolute atomic E-state index is 0.0710. The lowest BCUT2D eigenvalue weighted by Crippen LogP contribution is -2.18. The summed E-state index contributed by atoms with van der Waals surface area (Å²) in [5, 5.41) is 0. The Bertz CT molecular complexity index is 420. The molecule has 1 aliphatic rings. The quantitative estimate of drug-likeness (QED) is 0.762. The Morgan fingerprint density at radius 3 is 2.68 bits per heavy atom. The summed E-state index contributed by atoms with van der Waals surface area (Å²) >= 11 is 0. The van der Waals surface area contributed by atoms with Crippen molar-refractivity contribution in [1.29, 1.82) is 0 Å². The van der Waals surface area contributed by atoms with E-state index in [1.165, 1.54) is 0 Å². The summed E-state index contributed by atoms with van der Waals surface area (Å²) < 4.78 is 21.5. The van der Waals surface area contributed by atoms with Crippen molar-refractivity contribution >= 4 is 0 Å². The molecule has 1 aliphatic heterocycles. The monoisotopic (exact) mass is 267 g/mol. The molecular weight excluding hydrogens is 246 g/mol. The zero-order valence-corrected chi connectivity index (χ0v) is 11.5. The van der Waals surface area contributed by atoms with Crippen LogP contribution in [0.2, 0.25) is 0 Å². The first-order chi connectivity index (χ1) is 9.20. The third kappa shape index (κ3) is 3.75. The van der Waals surface area contributed by atoms with Crippen molar-refractivity contribution in [2.45, 2.75) is 25.8 Å². The van der Waals surface area contributed by atoms with Crippen molar-refractivity contribution in [3.05, 3.63) is 17.7 Å². The van der Waals surface area contributed by atoms with Crippen LogP contribution in [-0.2, 0) is 11.2 Å². The number of methoxy groups -OCH3 is 1. The maximum atomic E-state index is 5.87. The van der Waals surface area contributed by atoms with Crippen LogP contribution in [0.3, 0.4) is 0 Å². The Morgan fingerprint density at radius 1 is 1.26 bits per heavy atom. The average molecular weight is 267 g/mol. The first kappa shape index (κ1) is 14.0. The van der Waals surface area contributed by atoms with Crippen molar-refractivity contribution in [2.24, 2.45) is 5.73 Å². The Kier molecular flexibility index (Phi) is 4.87. The fourth-order valence-electron chi connectivity index (χ4n) is 1.99. The van der Waals surface area contributed by atoms with Crippen LogP contribution in [0.4, 0.5) is 0 Å². The Labute approximate surface area is 113 Å². The number of hydrogen-bond donors (Lipinski definition) is 1. The predicted octanol–water partition coefficient (Wildman–Crippen LogP) is 1.72.